The molecule has 1 aromatic heterocycles. The van der Waals surface area contributed by atoms with Crippen LogP contribution < -0.4 is 10.6 Å². The number of amides is 2. The van der Waals surface area contributed by atoms with Gasteiger partial charge in [0, 0.05) is 24.3 Å². The summed E-state index contributed by atoms with van der Waals surface area (Å²) in [5.41, 5.74) is 1.07. The summed E-state index contributed by atoms with van der Waals surface area (Å²) in [5.74, 6) is -0.360. The minimum Gasteiger partial charge on any atom is -0.351 e. The van der Waals surface area contributed by atoms with Gasteiger partial charge >= 0.3 is 6.18 Å². The molecule has 7 nitrogen and oxygen atoms in total. The van der Waals surface area contributed by atoms with Gasteiger partial charge in [-0.3, -0.25) is 9.59 Å². The third-order valence-corrected chi connectivity index (χ3v) is 5.65. The summed E-state index contributed by atoms with van der Waals surface area (Å²) in [6.45, 7) is 3.84. The Labute approximate surface area is 174 Å². The molecule has 0 unspecified atom stereocenters. The third kappa shape index (κ3) is 7.54. The van der Waals surface area contributed by atoms with Gasteiger partial charge in [-0.05, 0) is 38.1 Å². The number of rotatable bonds is 9. The lowest BCUT2D eigenvalue weighted by molar-refractivity contribution is -0.115. The van der Waals surface area contributed by atoms with Crippen molar-refractivity contribution >= 4 is 45.7 Å². The molecular formula is C17H20F3N5O2S2. The van der Waals surface area contributed by atoms with E-state index in [1.54, 1.807) is 29.2 Å². The maximum atomic E-state index is 12.3. The van der Waals surface area contributed by atoms with Crippen molar-refractivity contribution in [1.82, 2.24) is 15.1 Å². The van der Waals surface area contributed by atoms with E-state index in [0.29, 0.717) is 28.7 Å². The van der Waals surface area contributed by atoms with E-state index >= 15 is 0 Å². The number of benzene rings is 1. The van der Waals surface area contributed by atoms with Crippen molar-refractivity contribution in [3.63, 3.8) is 0 Å². The summed E-state index contributed by atoms with van der Waals surface area (Å²) in [4.78, 5) is 26.0. The van der Waals surface area contributed by atoms with Crippen molar-refractivity contribution in [2.75, 3.05) is 36.0 Å². The number of thioether (sulfide) groups is 1. The van der Waals surface area contributed by atoms with E-state index in [4.69, 9.17) is 0 Å². The first-order chi connectivity index (χ1) is 13.7. The van der Waals surface area contributed by atoms with Crippen LogP contribution in [-0.4, -0.2) is 58.5 Å². The molecule has 0 aliphatic heterocycles. The zero-order chi connectivity index (χ0) is 21.4. The zero-order valence-electron chi connectivity index (χ0n) is 15.7. The van der Waals surface area contributed by atoms with E-state index in [2.05, 4.69) is 20.8 Å². The van der Waals surface area contributed by atoms with Crippen molar-refractivity contribution < 1.29 is 22.8 Å². The number of nitrogens with one attached hydrogen (secondary N) is 2. The largest absolute Gasteiger partial charge is 0.405 e. The molecule has 0 radical (unpaired) electrons. The molecule has 0 spiro atoms. The Morgan fingerprint density at radius 3 is 2.38 bits per heavy atom. The van der Waals surface area contributed by atoms with Crippen LogP contribution in [0.2, 0.25) is 0 Å². The Morgan fingerprint density at radius 2 is 1.79 bits per heavy atom. The van der Waals surface area contributed by atoms with Crippen molar-refractivity contribution in [2.24, 2.45) is 0 Å². The van der Waals surface area contributed by atoms with Gasteiger partial charge in [-0.2, -0.15) is 13.2 Å². The summed E-state index contributed by atoms with van der Waals surface area (Å²) in [7, 11) is 0. The Kier molecular flexibility index (Phi) is 8.26. The van der Waals surface area contributed by atoms with Gasteiger partial charge in [-0.1, -0.05) is 23.1 Å². The fourth-order valence-electron chi connectivity index (χ4n) is 2.23. The quantitative estimate of drug-likeness (QED) is 0.570. The predicted octanol–water partition coefficient (Wildman–Crippen LogP) is 3.73. The van der Waals surface area contributed by atoms with Gasteiger partial charge in [0.25, 0.3) is 5.91 Å². The average Bonchev–Trinajstić information content (AvgIpc) is 3.14. The molecule has 158 valence electrons. The maximum absolute atomic E-state index is 12.3. The van der Waals surface area contributed by atoms with Crippen LogP contribution in [0.3, 0.4) is 0 Å². The zero-order valence-corrected chi connectivity index (χ0v) is 17.4. The van der Waals surface area contributed by atoms with E-state index < -0.39 is 12.7 Å². The smallest absolute Gasteiger partial charge is 0.351 e. The molecule has 1 heterocycles. The van der Waals surface area contributed by atoms with Crippen LogP contribution in [0, 0.1) is 0 Å². The van der Waals surface area contributed by atoms with Crippen molar-refractivity contribution in [3.05, 3.63) is 29.8 Å². The number of hydrogen-bond donors (Lipinski definition) is 2. The monoisotopic (exact) mass is 447 g/mol. The highest BCUT2D eigenvalue weighted by Crippen LogP contribution is 2.26. The molecule has 2 aromatic rings. The molecule has 0 saturated carbocycles. The molecule has 2 amide bonds. The number of carbonyl (C=O) groups is 2. The Bertz CT molecular complexity index is 823. The lowest BCUT2D eigenvalue weighted by Gasteiger charge is -2.18. The van der Waals surface area contributed by atoms with Gasteiger partial charge in [0.1, 0.15) is 6.54 Å². The Hall–Kier alpha value is -2.34. The molecule has 0 atom stereocenters. The average molecular weight is 448 g/mol. The van der Waals surface area contributed by atoms with Gasteiger partial charge in [-0.15, -0.1) is 10.2 Å². The molecule has 0 bridgehead atoms. The van der Waals surface area contributed by atoms with Crippen LogP contribution in [-0.2, 0) is 4.79 Å². The maximum Gasteiger partial charge on any atom is 0.405 e. The third-order valence-electron chi connectivity index (χ3n) is 3.64. The molecule has 0 saturated heterocycles. The summed E-state index contributed by atoms with van der Waals surface area (Å²) in [6, 6.07) is 6.58. The number of anilines is 2. The minimum atomic E-state index is -4.34. The second kappa shape index (κ2) is 10.4. The SMILES string of the molecule is CCN(CC)C(=O)c1ccc(NC(=O)CSc2nnc(NCC(F)(F)F)s2)cc1. The van der Waals surface area contributed by atoms with Gasteiger partial charge in [0.05, 0.1) is 5.75 Å². The molecule has 0 aliphatic carbocycles. The Balaban J connectivity index is 1.82. The van der Waals surface area contributed by atoms with E-state index in [1.807, 2.05) is 13.8 Å². The van der Waals surface area contributed by atoms with Crippen molar-refractivity contribution in [3.8, 4) is 0 Å². The highest BCUT2D eigenvalue weighted by Gasteiger charge is 2.27. The summed E-state index contributed by atoms with van der Waals surface area (Å²) < 4.78 is 36.9. The molecular weight excluding hydrogens is 427 g/mol. The van der Waals surface area contributed by atoms with Gasteiger partial charge in [0.2, 0.25) is 11.0 Å². The Morgan fingerprint density at radius 1 is 1.14 bits per heavy atom. The second-order valence-corrected chi connectivity index (χ2v) is 7.93. The summed E-state index contributed by atoms with van der Waals surface area (Å²) in [6.07, 6.45) is -4.34. The van der Waals surface area contributed by atoms with Gasteiger partial charge < -0.3 is 15.5 Å². The van der Waals surface area contributed by atoms with E-state index in [9.17, 15) is 22.8 Å². The van der Waals surface area contributed by atoms with Gasteiger partial charge in [-0.25, -0.2) is 0 Å². The van der Waals surface area contributed by atoms with E-state index in [1.165, 1.54) is 0 Å². The first-order valence-electron chi connectivity index (χ1n) is 8.68. The van der Waals surface area contributed by atoms with Crippen molar-refractivity contribution in [1.29, 1.82) is 0 Å². The van der Waals surface area contributed by atoms with E-state index in [-0.39, 0.29) is 22.7 Å². The van der Waals surface area contributed by atoms with Crippen LogP contribution in [0.15, 0.2) is 28.6 Å². The standard InChI is InChI=1S/C17H20F3N5O2S2/c1-3-25(4-2)14(27)11-5-7-12(8-6-11)22-13(26)9-28-16-24-23-15(29-16)21-10-17(18,19)20/h5-8H,3-4,9-10H2,1-2H3,(H,21,23)(H,22,26). The van der Waals surface area contributed by atoms with Gasteiger partial charge in [0.15, 0.2) is 4.34 Å². The normalized spacial score (nSPS) is 11.2. The fraction of sp³-hybridized carbons (Fsp3) is 0.412. The molecule has 1 aromatic carbocycles. The lowest BCUT2D eigenvalue weighted by atomic mass is 10.2. The van der Waals surface area contributed by atoms with Crippen LogP contribution in [0.5, 0.6) is 0 Å². The number of halogens is 3. The van der Waals surface area contributed by atoms with Crippen LogP contribution in [0.25, 0.3) is 0 Å². The minimum absolute atomic E-state index is 0.0219. The summed E-state index contributed by atoms with van der Waals surface area (Å²) >= 11 is 2.01. The number of alkyl halides is 3. The second-order valence-electron chi connectivity index (χ2n) is 5.73. The number of nitrogens with zero attached hydrogens (tertiary/aromatic N) is 3. The molecule has 12 heteroatoms. The summed E-state index contributed by atoms with van der Waals surface area (Å²) in [5, 5.41) is 12.2. The first-order valence-corrected chi connectivity index (χ1v) is 10.5. The number of aromatic nitrogens is 2. The highest BCUT2D eigenvalue weighted by molar-refractivity contribution is 8.01. The number of carbonyl (C=O) groups excluding carboxylic acids is 2. The topological polar surface area (TPSA) is 87.2 Å². The van der Waals surface area contributed by atoms with Crippen LogP contribution in [0.4, 0.5) is 24.0 Å². The van der Waals surface area contributed by atoms with Crippen LogP contribution >= 0.6 is 23.1 Å². The molecule has 0 aliphatic rings. The highest BCUT2D eigenvalue weighted by atomic mass is 32.2. The molecule has 2 N–H and O–H groups in total. The van der Waals surface area contributed by atoms with Crippen LogP contribution in [0.1, 0.15) is 24.2 Å². The first kappa shape index (κ1) is 22.9. The van der Waals surface area contributed by atoms with E-state index in [0.717, 1.165) is 23.1 Å². The van der Waals surface area contributed by atoms with Crippen molar-refractivity contribution in [2.45, 2.75) is 24.4 Å². The fourth-order valence-corrected chi connectivity index (χ4v) is 3.78. The molecule has 29 heavy (non-hydrogen) atoms. The number of hydrogen-bond acceptors (Lipinski definition) is 7. The molecule has 2 rings (SSSR count). The molecule has 0 fully saturated rings. The lowest BCUT2D eigenvalue weighted by Crippen LogP contribution is -2.30. The predicted molar refractivity (Wildman–Crippen MR) is 108 cm³/mol.